The van der Waals surface area contributed by atoms with Crippen LogP contribution in [-0.4, -0.2) is 50.6 Å². The Morgan fingerprint density at radius 3 is 2.36 bits per heavy atom. The molecule has 0 radical (unpaired) electrons. The maximum absolute atomic E-state index is 12.8. The number of carbonyl (C=O) groups is 2. The molecule has 172 valence electrons. The summed E-state index contributed by atoms with van der Waals surface area (Å²) in [6.45, 7) is 1.58. The minimum absolute atomic E-state index is 0.0730. The van der Waals surface area contributed by atoms with E-state index in [-0.39, 0.29) is 18.4 Å². The standard InChI is InChI=1S/C26H29N3O4/c1-29(19-20-7-4-3-5-8-20)26(31)21-9-6-10-23(17-21)27-18-25(30)28-22-11-13-24(14-12-22)33-16-15-32-2/h3-14,17,27H,15-16,18-19H2,1-2H3,(H,28,30). The van der Waals surface area contributed by atoms with E-state index in [1.54, 1.807) is 61.5 Å². The summed E-state index contributed by atoms with van der Waals surface area (Å²) in [5.74, 6) is 0.433. The molecular weight excluding hydrogens is 418 g/mol. The lowest BCUT2D eigenvalue weighted by Crippen LogP contribution is -2.26. The van der Waals surface area contributed by atoms with Crippen LogP contribution >= 0.6 is 0 Å². The monoisotopic (exact) mass is 447 g/mol. The van der Waals surface area contributed by atoms with E-state index in [0.29, 0.717) is 42.4 Å². The van der Waals surface area contributed by atoms with E-state index in [9.17, 15) is 9.59 Å². The number of hydrogen-bond donors (Lipinski definition) is 2. The van der Waals surface area contributed by atoms with Gasteiger partial charge in [0.2, 0.25) is 5.91 Å². The molecule has 0 spiro atoms. The number of hydrogen-bond acceptors (Lipinski definition) is 5. The number of methoxy groups -OCH3 is 1. The average molecular weight is 448 g/mol. The second kappa shape index (κ2) is 12.3. The molecule has 0 atom stereocenters. The van der Waals surface area contributed by atoms with E-state index in [1.165, 1.54) is 0 Å². The van der Waals surface area contributed by atoms with Gasteiger partial charge in [0, 0.05) is 37.6 Å². The summed E-state index contributed by atoms with van der Waals surface area (Å²) in [6, 6.07) is 24.1. The van der Waals surface area contributed by atoms with Crippen molar-refractivity contribution in [3.05, 3.63) is 90.0 Å². The molecule has 7 heteroatoms. The van der Waals surface area contributed by atoms with Gasteiger partial charge in [-0.3, -0.25) is 9.59 Å². The van der Waals surface area contributed by atoms with Gasteiger partial charge in [0.05, 0.1) is 13.2 Å². The molecule has 3 rings (SSSR count). The highest BCUT2D eigenvalue weighted by molar-refractivity contribution is 5.96. The average Bonchev–Trinajstić information content (AvgIpc) is 2.84. The Morgan fingerprint density at radius 1 is 0.879 bits per heavy atom. The summed E-state index contributed by atoms with van der Waals surface area (Å²) in [5, 5.41) is 5.91. The van der Waals surface area contributed by atoms with Gasteiger partial charge in [0.1, 0.15) is 12.4 Å². The Labute approximate surface area is 194 Å². The van der Waals surface area contributed by atoms with E-state index in [1.807, 2.05) is 36.4 Å². The molecule has 0 aromatic heterocycles. The summed E-state index contributed by atoms with van der Waals surface area (Å²) in [6.07, 6.45) is 0. The van der Waals surface area contributed by atoms with Crippen LogP contribution < -0.4 is 15.4 Å². The van der Waals surface area contributed by atoms with E-state index in [2.05, 4.69) is 10.6 Å². The molecule has 0 fully saturated rings. The highest BCUT2D eigenvalue weighted by Crippen LogP contribution is 2.16. The van der Waals surface area contributed by atoms with Gasteiger partial charge in [-0.2, -0.15) is 0 Å². The van der Waals surface area contributed by atoms with Gasteiger partial charge in [0.15, 0.2) is 0 Å². The van der Waals surface area contributed by atoms with Gasteiger partial charge in [-0.05, 0) is 48.0 Å². The molecule has 2 N–H and O–H groups in total. The zero-order valence-electron chi connectivity index (χ0n) is 18.9. The van der Waals surface area contributed by atoms with E-state index in [4.69, 9.17) is 9.47 Å². The van der Waals surface area contributed by atoms with Crippen LogP contribution in [0.5, 0.6) is 5.75 Å². The first-order valence-electron chi connectivity index (χ1n) is 10.7. The molecule has 0 aliphatic rings. The molecule has 0 aliphatic carbocycles. The molecule has 33 heavy (non-hydrogen) atoms. The van der Waals surface area contributed by atoms with Crippen molar-refractivity contribution in [3.8, 4) is 5.75 Å². The van der Waals surface area contributed by atoms with Crippen LogP contribution in [0.3, 0.4) is 0 Å². The first-order valence-corrected chi connectivity index (χ1v) is 10.7. The Morgan fingerprint density at radius 2 is 1.64 bits per heavy atom. The fourth-order valence-corrected chi connectivity index (χ4v) is 3.18. The molecule has 0 saturated carbocycles. The smallest absolute Gasteiger partial charge is 0.253 e. The van der Waals surface area contributed by atoms with Crippen molar-refractivity contribution in [1.29, 1.82) is 0 Å². The van der Waals surface area contributed by atoms with Gasteiger partial charge in [0.25, 0.3) is 5.91 Å². The maximum atomic E-state index is 12.8. The fourth-order valence-electron chi connectivity index (χ4n) is 3.18. The second-order valence-electron chi connectivity index (χ2n) is 7.49. The molecule has 0 heterocycles. The van der Waals surface area contributed by atoms with Crippen LogP contribution in [0.25, 0.3) is 0 Å². The van der Waals surface area contributed by atoms with Crippen molar-refractivity contribution >= 4 is 23.2 Å². The summed E-state index contributed by atoms with van der Waals surface area (Å²) in [4.78, 5) is 26.8. The highest BCUT2D eigenvalue weighted by Gasteiger charge is 2.13. The highest BCUT2D eigenvalue weighted by atomic mass is 16.5. The molecule has 0 unspecified atom stereocenters. The van der Waals surface area contributed by atoms with Gasteiger partial charge in [-0.1, -0.05) is 36.4 Å². The van der Waals surface area contributed by atoms with Crippen LogP contribution in [0, 0.1) is 0 Å². The van der Waals surface area contributed by atoms with Crippen molar-refractivity contribution in [1.82, 2.24) is 4.90 Å². The van der Waals surface area contributed by atoms with Crippen molar-refractivity contribution in [3.63, 3.8) is 0 Å². The topological polar surface area (TPSA) is 79.9 Å². The third-order valence-corrected chi connectivity index (χ3v) is 4.87. The Balaban J connectivity index is 1.49. The third kappa shape index (κ3) is 7.66. The largest absolute Gasteiger partial charge is 0.491 e. The van der Waals surface area contributed by atoms with E-state index >= 15 is 0 Å². The summed E-state index contributed by atoms with van der Waals surface area (Å²) < 4.78 is 10.5. The van der Waals surface area contributed by atoms with E-state index < -0.39 is 0 Å². The molecule has 0 saturated heterocycles. The molecule has 0 aliphatic heterocycles. The first kappa shape index (κ1) is 23.8. The number of anilines is 2. The van der Waals surface area contributed by atoms with Gasteiger partial charge < -0.3 is 25.0 Å². The van der Waals surface area contributed by atoms with Gasteiger partial charge in [-0.15, -0.1) is 0 Å². The Kier molecular flexibility index (Phi) is 8.85. The van der Waals surface area contributed by atoms with Crippen molar-refractivity contribution < 1.29 is 19.1 Å². The van der Waals surface area contributed by atoms with Crippen LogP contribution in [0.4, 0.5) is 11.4 Å². The van der Waals surface area contributed by atoms with Crippen LogP contribution in [0.2, 0.25) is 0 Å². The van der Waals surface area contributed by atoms with Crippen LogP contribution in [0.1, 0.15) is 15.9 Å². The molecular formula is C26H29N3O4. The predicted molar refractivity (Wildman–Crippen MR) is 130 cm³/mol. The Hall–Kier alpha value is -3.84. The lowest BCUT2D eigenvalue weighted by Gasteiger charge is -2.18. The lowest BCUT2D eigenvalue weighted by atomic mass is 10.1. The minimum Gasteiger partial charge on any atom is -0.491 e. The summed E-state index contributed by atoms with van der Waals surface area (Å²) in [5.41, 5.74) is 3.00. The normalized spacial score (nSPS) is 10.4. The third-order valence-electron chi connectivity index (χ3n) is 4.87. The molecule has 2 amide bonds. The predicted octanol–water partition coefficient (Wildman–Crippen LogP) is 4.03. The van der Waals surface area contributed by atoms with Gasteiger partial charge >= 0.3 is 0 Å². The zero-order chi connectivity index (χ0) is 23.5. The zero-order valence-corrected chi connectivity index (χ0v) is 18.9. The summed E-state index contributed by atoms with van der Waals surface area (Å²) in [7, 11) is 3.39. The number of rotatable bonds is 11. The van der Waals surface area contributed by atoms with Gasteiger partial charge in [-0.25, -0.2) is 0 Å². The number of benzene rings is 3. The van der Waals surface area contributed by atoms with E-state index in [0.717, 1.165) is 5.56 Å². The molecule has 3 aromatic rings. The Bertz CT molecular complexity index is 1040. The van der Waals surface area contributed by atoms with Crippen LogP contribution in [0.15, 0.2) is 78.9 Å². The summed E-state index contributed by atoms with van der Waals surface area (Å²) >= 11 is 0. The second-order valence-corrected chi connectivity index (χ2v) is 7.49. The molecule has 0 bridgehead atoms. The molecule has 7 nitrogen and oxygen atoms in total. The number of amides is 2. The maximum Gasteiger partial charge on any atom is 0.253 e. The lowest BCUT2D eigenvalue weighted by molar-refractivity contribution is -0.114. The van der Waals surface area contributed by atoms with Crippen molar-refractivity contribution in [2.45, 2.75) is 6.54 Å². The van der Waals surface area contributed by atoms with Crippen molar-refractivity contribution in [2.24, 2.45) is 0 Å². The number of carbonyl (C=O) groups excluding carboxylic acids is 2. The minimum atomic E-state index is -0.194. The molecule has 3 aromatic carbocycles. The SMILES string of the molecule is COCCOc1ccc(NC(=O)CNc2cccc(C(=O)N(C)Cc3ccccc3)c2)cc1. The first-order chi connectivity index (χ1) is 16.0. The fraction of sp³-hybridized carbons (Fsp3) is 0.231. The van der Waals surface area contributed by atoms with Crippen LogP contribution in [-0.2, 0) is 16.1 Å². The quantitative estimate of drug-likeness (QED) is 0.434. The number of nitrogens with zero attached hydrogens (tertiary/aromatic N) is 1. The van der Waals surface area contributed by atoms with Crippen molar-refractivity contribution in [2.75, 3.05) is 44.5 Å². The number of nitrogens with one attached hydrogen (secondary N) is 2. The number of ether oxygens (including phenoxy) is 2.